The number of hydrogen-bond donors (Lipinski definition) is 3. The van der Waals surface area contributed by atoms with E-state index in [1.165, 1.54) is 0 Å². The number of benzene rings is 5. The zero-order valence-electron chi connectivity index (χ0n) is 34.9. The van der Waals surface area contributed by atoms with E-state index in [9.17, 15) is 14.7 Å². The number of cyclic esters (lactones) is 1. The molecule has 11 heteroatoms. The van der Waals surface area contributed by atoms with Gasteiger partial charge in [0.2, 0.25) is 11.8 Å². The number of allylic oxidation sites excluding steroid dienone is 2. The molecule has 5 aromatic carbocycles. The summed E-state index contributed by atoms with van der Waals surface area (Å²) in [7, 11) is 0. The van der Waals surface area contributed by atoms with Crippen LogP contribution in [0.1, 0.15) is 90.2 Å². The second-order valence-electron chi connectivity index (χ2n) is 16.5. The van der Waals surface area contributed by atoms with Gasteiger partial charge < -0.3 is 25.6 Å². The Kier molecular flexibility index (Phi) is 11.4. The first-order valence-electron chi connectivity index (χ1n) is 21.5. The number of primary amides is 1. The van der Waals surface area contributed by atoms with Gasteiger partial charge in [-0.25, -0.2) is 9.69 Å². The molecule has 318 valence electrons. The number of rotatable bonds is 9. The maximum Gasteiger partial charge on any atom is 0.329 e. The lowest BCUT2D eigenvalue weighted by Crippen LogP contribution is -2.55. The minimum absolute atomic E-state index is 0.0811. The number of morpholine rings is 1. The summed E-state index contributed by atoms with van der Waals surface area (Å²) in [5.41, 5.74) is 9.35. The van der Waals surface area contributed by atoms with Crippen LogP contribution in [0.4, 0.5) is 10.5 Å². The number of aliphatic hydroxyl groups excluding tert-OH is 1. The first kappa shape index (κ1) is 41.4. The molecular formula is C52H48N4O7. The van der Waals surface area contributed by atoms with Crippen molar-refractivity contribution in [1.29, 1.82) is 0 Å². The number of carbonyl (C=O) groups is 4. The van der Waals surface area contributed by atoms with E-state index < -0.39 is 65.4 Å². The number of nitrogens with zero attached hydrogens (tertiary/aromatic N) is 2. The number of carbonyl (C=O) groups excluding carboxylic acids is 4. The molecule has 3 aliphatic heterocycles. The van der Waals surface area contributed by atoms with Gasteiger partial charge in [-0.3, -0.25) is 19.3 Å². The molecule has 2 fully saturated rings. The van der Waals surface area contributed by atoms with Gasteiger partial charge in [-0.15, -0.1) is 0 Å². The first-order valence-corrected chi connectivity index (χ1v) is 21.5. The fraction of sp³-hybridized carbons (Fsp3) is 0.269. The number of esters is 1. The van der Waals surface area contributed by atoms with Crippen LogP contribution in [0.3, 0.4) is 0 Å². The Morgan fingerprint density at radius 1 is 0.873 bits per heavy atom. The predicted octanol–water partition coefficient (Wildman–Crippen LogP) is 7.53. The number of nitrogens with one attached hydrogen (secondary N) is 1. The van der Waals surface area contributed by atoms with Crippen LogP contribution in [0, 0.1) is 17.8 Å². The standard InChI is InChI=1S/C52H48N4O7/c1-33(36-18-8-3-9-19-36)54-51(61)55-41-29-28-35(27-26-34-16-6-2-7-17-34)32-40(41)52(50(55)60)43(48(53)58)45-49(59)63-46(38-22-12-5-13-23-38)44(37-20-10-4-11-21-37)56(45)47(52)39-24-14-15-25-42(39)62-31-30-57/h3-5,8-16,18-25,28-29,32-33,43-47,57H,2,6-7,17,30-31H2,1H3,(H2,53,58)(H,54,61)/t33-,43+,44+,45+,46-,47-,52+/m1/s1. The number of urea groups is 1. The van der Waals surface area contributed by atoms with E-state index in [4.69, 9.17) is 15.2 Å². The molecule has 5 aromatic rings. The quantitative estimate of drug-likeness (QED) is 0.102. The van der Waals surface area contributed by atoms with Crippen molar-refractivity contribution in [3.63, 3.8) is 0 Å². The number of amides is 4. The van der Waals surface area contributed by atoms with Crippen LogP contribution in [0.15, 0.2) is 145 Å². The molecule has 0 saturated carbocycles. The summed E-state index contributed by atoms with van der Waals surface area (Å²) in [6, 6.07) is 35.9. The number of aliphatic hydroxyl groups is 1. The lowest BCUT2D eigenvalue weighted by molar-refractivity contribution is -0.178. The fourth-order valence-corrected chi connectivity index (χ4v) is 10.2. The van der Waals surface area contributed by atoms with Crippen molar-refractivity contribution in [3.05, 3.63) is 178 Å². The summed E-state index contributed by atoms with van der Waals surface area (Å²) in [4.78, 5) is 63.8. The van der Waals surface area contributed by atoms with Gasteiger partial charge in [0.1, 0.15) is 29.9 Å². The van der Waals surface area contributed by atoms with E-state index in [0.717, 1.165) is 47.3 Å². The Labute approximate surface area is 366 Å². The van der Waals surface area contributed by atoms with E-state index in [1.807, 2.05) is 103 Å². The van der Waals surface area contributed by atoms with Crippen LogP contribution in [0.25, 0.3) is 0 Å². The molecule has 9 rings (SSSR count). The molecule has 2 saturated heterocycles. The van der Waals surface area contributed by atoms with E-state index in [-0.39, 0.29) is 18.9 Å². The van der Waals surface area contributed by atoms with Crippen LogP contribution in [0.5, 0.6) is 5.75 Å². The van der Waals surface area contributed by atoms with Crippen molar-refractivity contribution < 1.29 is 33.8 Å². The van der Waals surface area contributed by atoms with Crippen LogP contribution in [0.2, 0.25) is 0 Å². The maximum atomic E-state index is 16.3. The third-order valence-corrected chi connectivity index (χ3v) is 12.8. The van der Waals surface area contributed by atoms with Crippen molar-refractivity contribution in [3.8, 4) is 17.6 Å². The van der Waals surface area contributed by atoms with E-state index in [1.54, 1.807) is 42.5 Å². The van der Waals surface area contributed by atoms with Gasteiger partial charge in [0.05, 0.1) is 36.3 Å². The maximum absolute atomic E-state index is 16.3. The number of imide groups is 1. The monoisotopic (exact) mass is 840 g/mol. The molecule has 11 nitrogen and oxygen atoms in total. The smallest absolute Gasteiger partial charge is 0.329 e. The topological polar surface area (TPSA) is 151 Å². The molecule has 4 amide bonds. The van der Waals surface area contributed by atoms with Crippen LogP contribution in [-0.2, 0) is 24.5 Å². The Balaban J connectivity index is 1.33. The van der Waals surface area contributed by atoms with Gasteiger partial charge >= 0.3 is 12.0 Å². The summed E-state index contributed by atoms with van der Waals surface area (Å²) < 4.78 is 12.7. The van der Waals surface area contributed by atoms with E-state index >= 15 is 9.59 Å². The summed E-state index contributed by atoms with van der Waals surface area (Å²) in [5.74, 6) is 2.98. The van der Waals surface area contributed by atoms with Gasteiger partial charge in [0.15, 0.2) is 0 Å². The number of nitrogens with two attached hydrogens (primary N) is 1. The molecule has 3 heterocycles. The second kappa shape index (κ2) is 17.4. The fourth-order valence-electron chi connectivity index (χ4n) is 10.2. The number of ether oxygens (including phenoxy) is 2. The van der Waals surface area contributed by atoms with Gasteiger partial charge in [-0.2, -0.15) is 0 Å². The molecule has 0 aromatic heterocycles. The van der Waals surface area contributed by atoms with E-state index in [0.29, 0.717) is 28.0 Å². The van der Waals surface area contributed by atoms with Gasteiger partial charge in [0, 0.05) is 11.1 Å². The largest absolute Gasteiger partial charge is 0.491 e. The minimum atomic E-state index is -2.03. The Morgan fingerprint density at radius 3 is 2.24 bits per heavy atom. The summed E-state index contributed by atoms with van der Waals surface area (Å²) in [6.45, 7) is 1.44. The molecule has 4 aliphatic rings. The second-order valence-corrected chi connectivity index (χ2v) is 16.5. The minimum Gasteiger partial charge on any atom is -0.491 e. The highest BCUT2D eigenvalue weighted by molar-refractivity contribution is 6.24. The molecule has 1 spiro atoms. The third kappa shape index (κ3) is 7.25. The molecule has 0 radical (unpaired) electrons. The van der Waals surface area contributed by atoms with Crippen molar-refractivity contribution in [1.82, 2.24) is 10.2 Å². The SMILES string of the molecule is C[C@@H](NC(=O)N1C(=O)[C@@]2(c3cc(C#CC4=CCCCC4)ccc31)[C@H](C(N)=O)[C@H]1C(=O)O[C@H](c3ccccc3)[C@H](c3ccccc3)N1[C@@H]2c1ccccc1OCCO)c1ccccc1. The highest BCUT2D eigenvalue weighted by atomic mass is 16.6. The number of fused-ring (bicyclic) bond motifs is 3. The molecule has 0 bridgehead atoms. The average molecular weight is 841 g/mol. The van der Waals surface area contributed by atoms with Crippen molar-refractivity contribution in [2.24, 2.45) is 11.7 Å². The molecule has 1 aliphatic carbocycles. The zero-order valence-corrected chi connectivity index (χ0v) is 34.9. The number of para-hydroxylation sites is 1. The molecule has 0 unspecified atom stereocenters. The Bertz CT molecular complexity index is 2640. The van der Waals surface area contributed by atoms with Crippen molar-refractivity contribution in [2.45, 2.75) is 68.3 Å². The third-order valence-electron chi connectivity index (χ3n) is 12.8. The summed E-state index contributed by atoms with van der Waals surface area (Å²) in [6.07, 6.45) is 5.17. The Hall–Kier alpha value is -7.00. The average Bonchev–Trinajstić information content (AvgIpc) is 3.77. The highest BCUT2D eigenvalue weighted by Gasteiger charge is 2.75. The van der Waals surface area contributed by atoms with Gasteiger partial charge in [-0.05, 0) is 84.7 Å². The summed E-state index contributed by atoms with van der Waals surface area (Å²) >= 11 is 0. The predicted molar refractivity (Wildman–Crippen MR) is 237 cm³/mol. The lowest BCUT2D eigenvalue weighted by Gasteiger charge is -2.46. The van der Waals surface area contributed by atoms with Gasteiger partial charge in [-0.1, -0.05) is 127 Å². The van der Waals surface area contributed by atoms with Crippen LogP contribution >= 0.6 is 0 Å². The Morgan fingerprint density at radius 2 is 1.56 bits per heavy atom. The molecule has 4 N–H and O–H groups in total. The zero-order chi connectivity index (χ0) is 43.7. The van der Waals surface area contributed by atoms with Crippen LogP contribution in [-0.4, -0.2) is 53.1 Å². The molecule has 63 heavy (non-hydrogen) atoms. The lowest BCUT2D eigenvalue weighted by atomic mass is 9.65. The normalized spacial score (nSPS) is 24.3. The van der Waals surface area contributed by atoms with Crippen LogP contribution < -0.4 is 20.7 Å². The molecular weight excluding hydrogens is 793 g/mol. The summed E-state index contributed by atoms with van der Waals surface area (Å²) in [5, 5.41) is 13.0. The first-order chi connectivity index (χ1) is 30.7. The van der Waals surface area contributed by atoms with Crippen molar-refractivity contribution >= 4 is 29.5 Å². The molecule has 7 atom stereocenters. The highest BCUT2D eigenvalue weighted by Crippen LogP contribution is 2.66. The number of anilines is 1. The number of hydrogen-bond acceptors (Lipinski definition) is 8. The van der Waals surface area contributed by atoms with E-state index in [2.05, 4.69) is 23.2 Å². The van der Waals surface area contributed by atoms with Gasteiger partial charge in [0.25, 0.3) is 0 Å². The van der Waals surface area contributed by atoms with Crippen molar-refractivity contribution in [2.75, 3.05) is 18.1 Å².